The molecule has 0 aromatic carbocycles. The van der Waals surface area contributed by atoms with Crippen molar-refractivity contribution < 1.29 is 9.90 Å². The van der Waals surface area contributed by atoms with Crippen LogP contribution in [0, 0.1) is 11.8 Å². The highest BCUT2D eigenvalue weighted by atomic mass is 16.4. The smallest absolute Gasteiger partial charge is 0.354 e. The molecule has 4 nitrogen and oxygen atoms in total. The van der Waals surface area contributed by atoms with Gasteiger partial charge in [-0.2, -0.15) is 0 Å². The van der Waals surface area contributed by atoms with Gasteiger partial charge in [-0.05, 0) is 43.2 Å². The Hall–Kier alpha value is -1.58. The maximum atomic E-state index is 11.0. The highest BCUT2D eigenvalue weighted by molar-refractivity contribution is 5.85. The van der Waals surface area contributed by atoms with Gasteiger partial charge < -0.3 is 10.0 Å². The number of rotatable bonds is 2. The summed E-state index contributed by atoms with van der Waals surface area (Å²) in [5.74, 6) is 1.42. The standard InChI is InChI=1S/C14H18N2O2/c17-14(18)12-5-2-6-13(15-12)16-8-10-3-1-4-11(7-10)9-16/h2,5-6,10-11H,1,3-4,7-9H2,(H,17,18). The second-order valence-corrected chi connectivity index (χ2v) is 5.49. The lowest BCUT2D eigenvalue weighted by atomic mass is 9.78. The van der Waals surface area contributed by atoms with Gasteiger partial charge in [-0.3, -0.25) is 0 Å². The zero-order chi connectivity index (χ0) is 12.5. The normalized spacial score (nSPS) is 27.0. The predicted molar refractivity (Wildman–Crippen MR) is 68.9 cm³/mol. The fraction of sp³-hybridized carbons (Fsp3) is 0.571. The van der Waals surface area contributed by atoms with Crippen molar-refractivity contribution >= 4 is 11.8 Å². The molecule has 1 N–H and O–H groups in total. The number of hydrogen-bond acceptors (Lipinski definition) is 3. The number of carboxylic acid groups (broad SMARTS) is 1. The average Bonchev–Trinajstić information content (AvgIpc) is 2.38. The van der Waals surface area contributed by atoms with E-state index >= 15 is 0 Å². The van der Waals surface area contributed by atoms with Crippen molar-refractivity contribution in [3.63, 3.8) is 0 Å². The Morgan fingerprint density at radius 1 is 1.28 bits per heavy atom. The van der Waals surface area contributed by atoms with Gasteiger partial charge >= 0.3 is 5.97 Å². The van der Waals surface area contributed by atoms with Gasteiger partial charge in [-0.25, -0.2) is 9.78 Å². The quantitative estimate of drug-likeness (QED) is 0.870. The number of carbonyl (C=O) groups is 1. The maximum Gasteiger partial charge on any atom is 0.354 e. The van der Waals surface area contributed by atoms with E-state index in [9.17, 15) is 4.79 Å². The highest BCUT2D eigenvalue weighted by Crippen LogP contribution is 2.35. The third kappa shape index (κ3) is 2.19. The molecule has 0 radical (unpaired) electrons. The highest BCUT2D eigenvalue weighted by Gasteiger charge is 2.31. The Kier molecular flexibility index (Phi) is 2.94. The number of fused-ring (bicyclic) bond motifs is 2. The Balaban J connectivity index is 1.82. The van der Waals surface area contributed by atoms with Gasteiger partial charge in [0.15, 0.2) is 5.69 Å². The lowest BCUT2D eigenvalue weighted by Crippen LogP contribution is -2.43. The van der Waals surface area contributed by atoms with E-state index in [-0.39, 0.29) is 5.69 Å². The van der Waals surface area contributed by atoms with Crippen molar-refractivity contribution in [1.82, 2.24) is 4.98 Å². The Labute approximate surface area is 107 Å². The number of aromatic nitrogens is 1. The van der Waals surface area contributed by atoms with Crippen molar-refractivity contribution in [3.05, 3.63) is 23.9 Å². The van der Waals surface area contributed by atoms with Crippen LogP contribution in [0.3, 0.4) is 0 Å². The van der Waals surface area contributed by atoms with Crippen molar-refractivity contribution in [2.75, 3.05) is 18.0 Å². The van der Waals surface area contributed by atoms with E-state index in [4.69, 9.17) is 5.11 Å². The third-order valence-electron chi connectivity index (χ3n) is 4.13. The molecule has 0 spiro atoms. The first-order valence-electron chi connectivity index (χ1n) is 6.67. The molecule has 2 bridgehead atoms. The number of aromatic carboxylic acids is 1. The van der Waals surface area contributed by atoms with Crippen molar-refractivity contribution in [3.8, 4) is 0 Å². The molecular weight excluding hydrogens is 228 g/mol. The van der Waals surface area contributed by atoms with E-state index in [1.807, 2.05) is 6.07 Å². The molecule has 1 aromatic heterocycles. The second-order valence-electron chi connectivity index (χ2n) is 5.49. The summed E-state index contributed by atoms with van der Waals surface area (Å²) in [6.07, 6.45) is 5.32. The molecule has 2 unspecified atom stereocenters. The summed E-state index contributed by atoms with van der Waals surface area (Å²) in [6, 6.07) is 5.26. The van der Waals surface area contributed by atoms with Crippen LogP contribution in [0.15, 0.2) is 18.2 Å². The lowest BCUT2D eigenvalue weighted by Gasteiger charge is -2.42. The molecule has 3 rings (SSSR count). The van der Waals surface area contributed by atoms with E-state index in [1.165, 1.54) is 25.7 Å². The average molecular weight is 246 g/mol. The largest absolute Gasteiger partial charge is 0.477 e. The number of carboxylic acids is 1. The predicted octanol–water partition coefficient (Wildman–Crippen LogP) is 2.41. The van der Waals surface area contributed by atoms with Gasteiger partial charge in [0.25, 0.3) is 0 Å². The van der Waals surface area contributed by atoms with Gasteiger partial charge in [0, 0.05) is 13.1 Å². The first-order chi connectivity index (χ1) is 8.72. The number of anilines is 1. The molecule has 1 aromatic rings. The zero-order valence-electron chi connectivity index (χ0n) is 10.4. The third-order valence-corrected chi connectivity index (χ3v) is 4.13. The summed E-state index contributed by atoms with van der Waals surface area (Å²) in [4.78, 5) is 17.5. The van der Waals surface area contributed by atoms with Crippen LogP contribution >= 0.6 is 0 Å². The van der Waals surface area contributed by atoms with Crippen LogP contribution in [0.5, 0.6) is 0 Å². The molecule has 2 aliphatic rings. The minimum atomic E-state index is -0.950. The first-order valence-corrected chi connectivity index (χ1v) is 6.67. The molecule has 1 aliphatic heterocycles. The molecule has 2 heterocycles. The van der Waals surface area contributed by atoms with Gasteiger partial charge in [0.05, 0.1) is 0 Å². The SMILES string of the molecule is O=C(O)c1cccc(N2CC3CCCC(C3)C2)n1. The monoisotopic (exact) mass is 246 g/mol. The number of nitrogens with zero attached hydrogens (tertiary/aromatic N) is 2. The summed E-state index contributed by atoms with van der Waals surface area (Å²) in [5.41, 5.74) is 0.142. The molecule has 96 valence electrons. The van der Waals surface area contributed by atoms with E-state index in [0.717, 1.165) is 30.7 Å². The molecule has 18 heavy (non-hydrogen) atoms. The second kappa shape index (κ2) is 4.59. The van der Waals surface area contributed by atoms with E-state index in [2.05, 4.69) is 9.88 Å². The summed E-state index contributed by atoms with van der Waals surface area (Å²) in [6.45, 7) is 2.07. The van der Waals surface area contributed by atoms with Crippen LogP contribution in [0.2, 0.25) is 0 Å². The molecule has 1 saturated carbocycles. The van der Waals surface area contributed by atoms with Crippen LogP contribution in [0.1, 0.15) is 36.2 Å². The summed E-state index contributed by atoms with van der Waals surface area (Å²) in [5, 5.41) is 8.99. The molecule has 1 aliphatic carbocycles. The lowest BCUT2D eigenvalue weighted by molar-refractivity contribution is 0.0690. The van der Waals surface area contributed by atoms with Crippen LogP contribution in [-0.4, -0.2) is 29.1 Å². The minimum absolute atomic E-state index is 0.142. The minimum Gasteiger partial charge on any atom is -0.477 e. The fourth-order valence-corrected chi connectivity index (χ4v) is 3.34. The van der Waals surface area contributed by atoms with Crippen LogP contribution < -0.4 is 4.90 Å². The maximum absolute atomic E-state index is 11.0. The Bertz CT molecular complexity index is 449. The van der Waals surface area contributed by atoms with Crippen molar-refractivity contribution in [2.45, 2.75) is 25.7 Å². The Morgan fingerprint density at radius 2 is 2.00 bits per heavy atom. The topological polar surface area (TPSA) is 53.4 Å². The molecule has 2 fully saturated rings. The molecule has 4 heteroatoms. The molecular formula is C14H18N2O2. The molecule has 0 amide bonds. The number of hydrogen-bond donors (Lipinski definition) is 1. The van der Waals surface area contributed by atoms with Crippen molar-refractivity contribution in [2.24, 2.45) is 11.8 Å². The molecule has 2 atom stereocenters. The van der Waals surface area contributed by atoms with Gasteiger partial charge in [-0.15, -0.1) is 0 Å². The van der Waals surface area contributed by atoms with E-state index in [1.54, 1.807) is 12.1 Å². The van der Waals surface area contributed by atoms with Crippen LogP contribution in [0.4, 0.5) is 5.82 Å². The summed E-state index contributed by atoms with van der Waals surface area (Å²) in [7, 11) is 0. The van der Waals surface area contributed by atoms with E-state index in [0.29, 0.717) is 0 Å². The first kappa shape index (κ1) is 11.5. The van der Waals surface area contributed by atoms with Crippen LogP contribution in [0.25, 0.3) is 0 Å². The number of piperidine rings is 1. The van der Waals surface area contributed by atoms with Gasteiger partial charge in [0.2, 0.25) is 0 Å². The van der Waals surface area contributed by atoms with Gasteiger partial charge in [-0.1, -0.05) is 12.5 Å². The van der Waals surface area contributed by atoms with E-state index < -0.39 is 5.97 Å². The fourth-order valence-electron chi connectivity index (χ4n) is 3.34. The van der Waals surface area contributed by atoms with Crippen LogP contribution in [-0.2, 0) is 0 Å². The van der Waals surface area contributed by atoms with Gasteiger partial charge in [0.1, 0.15) is 5.82 Å². The Morgan fingerprint density at radius 3 is 2.67 bits per heavy atom. The zero-order valence-corrected chi connectivity index (χ0v) is 10.4. The van der Waals surface area contributed by atoms with Crippen molar-refractivity contribution in [1.29, 1.82) is 0 Å². The molecule has 1 saturated heterocycles. The summed E-state index contributed by atoms with van der Waals surface area (Å²) < 4.78 is 0. The summed E-state index contributed by atoms with van der Waals surface area (Å²) >= 11 is 0. The number of pyridine rings is 1.